The number of rotatable bonds is 2. The van der Waals surface area contributed by atoms with Crippen LogP contribution in [0.2, 0.25) is 0 Å². The number of aryl methyl sites for hydroxylation is 1. The van der Waals surface area contributed by atoms with E-state index in [-0.39, 0.29) is 0 Å². The summed E-state index contributed by atoms with van der Waals surface area (Å²) < 4.78 is 0. The fourth-order valence-electron chi connectivity index (χ4n) is 2.79. The lowest BCUT2D eigenvalue weighted by molar-refractivity contribution is 0.585. The molecule has 2 aromatic heterocycles. The maximum Gasteiger partial charge on any atom is 0.148 e. The molecule has 0 amide bonds. The van der Waals surface area contributed by atoms with Crippen LogP contribution in [0.25, 0.3) is 16.3 Å². The Kier molecular flexibility index (Phi) is 3.91. The summed E-state index contributed by atoms with van der Waals surface area (Å²) in [4.78, 5) is 8.03. The van der Waals surface area contributed by atoms with Crippen molar-refractivity contribution in [3.8, 4) is 6.07 Å². The van der Waals surface area contributed by atoms with E-state index in [0.29, 0.717) is 5.56 Å². The number of pyridine rings is 1. The number of aromatic nitrogens is 1. The van der Waals surface area contributed by atoms with Crippen molar-refractivity contribution in [1.29, 1.82) is 5.26 Å². The molecule has 1 aliphatic rings. The highest BCUT2D eigenvalue weighted by atomic mass is 32.1. The average molecular weight is 298 g/mol. The lowest BCUT2D eigenvalue weighted by Crippen LogP contribution is -2.44. The number of hydrogen-bond donors (Lipinski definition) is 1. The third kappa shape index (κ3) is 2.41. The highest BCUT2D eigenvalue weighted by molar-refractivity contribution is 7.17. The zero-order valence-electron chi connectivity index (χ0n) is 12.3. The van der Waals surface area contributed by atoms with Crippen LogP contribution in [0, 0.1) is 18.3 Å². The van der Waals surface area contributed by atoms with E-state index in [1.807, 2.05) is 19.1 Å². The van der Waals surface area contributed by atoms with E-state index in [1.54, 1.807) is 11.3 Å². The molecule has 5 heteroatoms. The SMILES string of the molecule is CC=Cc1c(C#N)c(N2CCNCC2)nc2scc(C)c12. The van der Waals surface area contributed by atoms with E-state index in [1.165, 1.54) is 5.56 Å². The minimum atomic E-state index is 0.698. The molecule has 21 heavy (non-hydrogen) atoms. The molecule has 0 aliphatic carbocycles. The molecule has 0 radical (unpaired) electrons. The predicted octanol–water partition coefficient (Wildman–Crippen LogP) is 2.92. The second-order valence-electron chi connectivity index (χ2n) is 5.17. The first-order chi connectivity index (χ1) is 10.3. The second-order valence-corrected chi connectivity index (χ2v) is 6.03. The Morgan fingerprint density at radius 2 is 2.19 bits per heavy atom. The van der Waals surface area contributed by atoms with Crippen LogP contribution >= 0.6 is 11.3 Å². The van der Waals surface area contributed by atoms with Crippen LogP contribution in [0.4, 0.5) is 5.82 Å². The summed E-state index contributed by atoms with van der Waals surface area (Å²) in [6, 6.07) is 2.38. The fraction of sp³-hybridized carbons (Fsp3) is 0.375. The number of hydrogen-bond acceptors (Lipinski definition) is 5. The topological polar surface area (TPSA) is 52.0 Å². The first kappa shape index (κ1) is 14.1. The van der Waals surface area contributed by atoms with E-state index in [0.717, 1.165) is 47.8 Å². The van der Waals surface area contributed by atoms with Crippen LogP contribution in [-0.4, -0.2) is 31.2 Å². The van der Waals surface area contributed by atoms with Gasteiger partial charge in [-0.25, -0.2) is 4.98 Å². The molecular weight excluding hydrogens is 280 g/mol. The fourth-order valence-corrected chi connectivity index (χ4v) is 3.72. The van der Waals surface area contributed by atoms with Gasteiger partial charge in [0.05, 0.1) is 0 Å². The molecule has 0 atom stereocenters. The van der Waals surface area contributed by atoms with Gasteiger partial charge >= 0.3 is 0 Å². The van der Waals surface area contributed by atoms with Crippen molar-refractivity contribution < 1.29 is 0 Å². The molecule has 0 spiro atoms. The van der Waals surface area contributed by atoms with Gasteiger partial charge in [-0.15, -0.1) is 11.3 Å². The van der Waals surface area contributed by atoms with Crippen LogP contribution in [-0.2, 0) is 0 Å². The minimum Gasteiger partial charge on any atom is -0.353 e. The molecule has 1 N–H and O–H groups in total. The highest BCUT2D eigenvalue weighted by Gasteiger charge is 2.21. The summed E-state index contributed by atoms with van der Waals surface area (Å²) >= 11 is 1.65. The van der Waals surface area contributed by atoms with Crippen LogP contribution in [0.1, 0.15) is 23.6 Å². The first-order valence-electron chi connectivity index (χ1n) is 7.16. The summed E-state index contributed by atoms with van der Waals surface area (Å²) in [6.45, 7) is 7.73. The average Bonchev–Trinajstić information content (AvgIpc) is 2.89. The quantitative estimate of drug-likeness (QED) is 0.926. The Bertz CT molecular complexity index is 733. The summed E-state index contributed by atoms with van der Waals surface area (Å²) in [5, 5.41) is 16.3. The van der Waals surface area contributed by atoms with Gasteiger partial charge in [0.25, 0.3) is 0 Å². The van der Waals surface area contributed by atoms with Gasteiger partial charge in [0, 0.05) is 37.1 Å². The van der Waals surface area contributed by atoms with Crippen molar-refractivity contribution in [2.24, 2.45) is 0 Å². The molecule has 1 aliphatic heterocycles. The third-order valence-corrected chi connectivity index (χ3v) is 4.78. The number of anilines is 1. The normalized spacial score (nSPS) is 15.8. The molecule has 3 rings (SSSR count). The molecular formula is C16H18N4S. The van der Waals surface area contributed by atoms with Crippen LogP contribution < -0.4 is 10.2 Å². The Hall–Kier alpha value is -1.90. The van der Waals surface area contributed by atoms with E-state index >= 15 is 0 Å². The number of nitrogens with zero attached hydrogens (tertiary/aromatic N) is 3. The van der Waals surface area contributed by atoms with Gasteiger partial charge in [0.2, 0.25) is 0 Å². The van der Waals surface area contributed by atoms with E-state index in [2.05, 4.69) is 28.6 Å². The van der Waals surface area contributed by atoms with E-state index in [4.69, 9.17) is 4.98 Å². The molecule has 0 saturated carbocycles. The minimum absolute atomic E-state index is 0.698. The smallest absolute Gasteiger partial charge is 0.148 e. The maximum atomic E-state index is 9.68. The zero-order chi connectivity index (χ0) is 14.8. The van der Waals surface area contributed by atoms with Gasteiger partial charge < -0.3 is 10.2 Å². The molecule has 1 saturated heterocycles. The van der Waals surface area contributed by atoms with Gasteiger partial charge in [-0.05, 0) is 24.8 Å². The summed E-state index contributed by atoms with van der Waals surface area (Å²) in [7, 11) is 0. The molecule has 1 fully saturated rings. The van der Waals surface area contributed by atoms with E-state index in [9.17, 15) is 5.26 Å². The molecule has 108 valence electrons. The molecule has 3 heterocycles. The lowest BCUT2D eigenvalue weighted by atomic mass is 10.0. The second kappa shape index (κ2) is 5.84. The first-order valence-corrected chi connectivity index (χ1v) is 8.04. The molecule has 2 aromatic rings. The van der Waals surface area contributed by atoms with Crippen LogP contribution in [0.5, 0.6) is 0 Å². The number of piperazine rings is 1. The predicted molar refractivity (Wildman–Crippen MR) is 88.9 cm³/mol. The van der Waals surface area contributed by atoms with Crippen LogP contribution in [0.15, 0.2) is 11.5 Å². The Morgan fingerprint density at radius 1 is 1.43 bits per heavy atom. The molecule has 0 bridgehead atoms. The zero-order valence-corrected chi connectivity index (χ0v) is 13.1. The number of fused-ring (bicyclic) bond motifs is 1. The monoisotopic (exact) mass is 298 g/mol. The van der Waals surface area contributed by atoms with Crippen molar-refractivity contribution >= 4 is 33.4 Å². The number of thiophene rings is 1. The van der Waals surface area contributed by atoms with Crippen molar-refractivity contribution in [2.75, 3.05) is 31.1 Å². The lowest BCUT2D eigenvalue weighted by Gasteiger charge is -2.29. The summed E-state index contributed by atoms with van der Waals surface area (Å²) in [5.74, 6) is 0.835. The van der Waals surface area contributed by atoms with Gasteiger partial charge in [-0.2, -0.15) is 5.26 Å². The standard InChI is InChI=1S/C16H18N4S/c1-3-4-12-13(9-17)15(20-7-5-18-6-8-20)19-16-14(12)11(2)10-21-16/h3-4,10,18H,5-8H2,1-2H3. The van der Waals surface area contributed by atoms with Crippen molar-refractivity contribution in [3.63, 3.8) is 0 Å². The Morgan fingerprint density at radius 3 is 2.86 bits per heavy atom. The summed E-state index contributed by atoms with van der Waals surface area (Å²) in [5.41, 5.74) is 2.90. The number of allylic oxidation sites excluding steroid dienone is 1. The molecule has 0 aromatic carbocycles. The highest BCUT2D eigenvalue weighted by Crippen LogP contribution is 2.34. The number of nitrogens with one attached hydrogen (secondary N) is 1. The summed E-state index contributed by atoms with van der Waals surface area (Å²) in [6.07, 6.45) is 4.03. The van der Waals surface area contributed by atoms with Gasteiger partial charge in [0.1, 0.15) is 22.3 Å². The Labute approximate surface area is 128 Å². The number of nitriles is 1. The van der Waals surface area contributed by atoms with Crippen molar-refractivity contribution in [2.45, 2.75) is 13.8 Å². The van der Waals surface area contributed by atoms with E-state index < -0.39 is 0 Å². The van der Waals surface area contributed by atoms with Crippen molar-refractivity contribution in [3.05, 3.63) is 28.1 Å². The molecule has 0 unspecified atom stereocenters. The van der Waals surface area contributed by atoms with Gasteiger partial charge in [0.15, 0.2) is 0 Å². The third-order valence-electron chi connectivity index (χ3n) is 3.79. The van der Waals surface area contributed by atoms with Crippen molar-refractivity contribution in [1.82, 2.24) is 10.3 Å². The van der Waals surface area contributed by atoms with Gasteiger partial charge in [-0.1, -0.05) is 12.2 Å². The Balaban J connectivity index is 2.27. The maximum absolute atomic E-state index is 9.68. The van der Waals surface area contributed by atoms with Crippen LogP contribution in [0.3, 0.4) is 0 Å². The van der Waals surface area contributed by atoms with Gasteiger partial charge in [-0.3, -0.25) is 0 Å². The molecule has 4 nitrogen and oxygen atoms in total. The largest absolute Gasteiger partial charge is 0.353 e.